The van der Waals surface area contributed by atoms with Crippen molar-refractivity contribution < 1.29 is 14.3 Å². The summed E-state index contributed by atoms with van der Waals surface area (Å²) >= 11 is 3.30. The number of rotatable bonds is 3. The molecule has 0 heterocycles. The summed E-state index contributed by atoms with van der Waals surface area (Å²) < 4.78 is 5.36. The molecule has 1 aromatic rings. The lowest BCUT2D eigenvalue weighted by Gasteiger charge is -2.12. The van der Waals surface area contributed by atoms with Crippen molar-refractivity contribution in [3.05, 3.63) is 33.8 Å². The minimum Gasteiger partial charge on any atom is -0.467 e. The van der Waals surface area contributed by atoms with Gasteiger partial charge >= 0.3 is 5.97 Å². The molecule has 5 heteroatoms. The van der Waals surface area contributed by atoms with Crippen LogP contribution >= 0.6 is 15.9 Å². The van der Waals surface area contributed by atoms with E-state index in [1.165, 1.54) is 7.11 Å². The van der Waals surface area contributed by atoms with Gasteiger partial charge in [-0.25, -0.2) is 4.79 Å². The number of aryl methyl sites for hydroxylation is 1. The van der Waals surface area contributed by atoms with E-state index < -0.39 is 12.0 Å². The Balaban J connectivity index is 2.83. The summed E-state index contributed by atoms with van der Waals surface area (Å²) in [5.74, 6) is -0.757. The van der Waals surface area contributed by atoms with Gasteiger partial charge in [-0.3, -0.25) is 4.79 Å². The number of carbonyl (C=O) groups excluding carboxylic acids is 2. The van der Waals surface area contributed by atoms with Gasteiger partial charge in [0.15, 0.2) is 0 Å². The molecule has 0 aliphatic rings. The SMILES string of the molecule is COC(=O)[C@H](C)NC(=O)c1cc(Br)ccc1C. The van der Waals surface area contributed by atoms with Crippen LogP contribution in [0.4, 0.5) is 0 Å². The third kappa shape index (κ3) is 3.56. The third-order valence-corrected chi connectivity index (χ3v) is 2.84. The maximum Gasteiger partial charge on any atom is 0.328 e. The maximum absolute atomic E-state index is 11.9. The van der Waals surface area contributed by atoms with Crippen molar-refractivity contribution in [3.8, 4) is 0 Å². The molecule has 1 aromatic carbocycles. The lowest BCUT2D eigenvalue weighted by atomic mass is 10.1. The molecule has 1 rings (SSSR count). The molecule has 0 unspecified atom stereocenters. The van der Waals surface area contributed by atoms with E-state index in [4.69, 9.17) is 0 Å². The molecular formula is C12H14BrNO3. The monoisotopic (exact) mass is 299 g/mol. The van der Waals surface area contributed by atoms with Crippen molar-refractivity contribution in [2.75, 3.05) is 7.11 Å². The smallest absolute Gasteiger partial charge is 0.328 e. The average Bonchev–Trinajstić information content (AvgIpc) is 2.30. The first-order chi connectivity index (χ1) is 7.95. The largest absolute Gasteiger partial charge is 0.467 e. The predicted molar refractivity (Wildman–Crippen MR) is 67.8 cm³/mol. The maximum atomic E-state index is 11.9. The lowest BCUT2D eigenvalue weighted by Crippen LogP contribution is -2.39. The number of hydrogen-bond acceptors (Lipinski definition) is 3. The number of ether oxygens (including phenoxy) is 1. The molecule has 17 heavy (non-hydrogen) atoms. The van der Waals surface area contributed by atoms with Crippen LogP contribution in [0, 0.1) is 6.92 Å². The first-order valence-corrected chi connectivity index (χ1v) is 5.90. The summed E-state index contributed by atoms with van der Waals surface area (Å²) in [6, 6.07) is 4.75. The van der Waals surface area contributed by atoms with Gasteiger partial charge in [0.05, 0.1) is 7.11 Å². The van der Waals surface area contributed by atoms with E-state index in [1.54, 1.807) is 13.0 Å². The summed E-state index contributed by atoms with van der Waals surface area (Å²) in [4.78, 5) is 23.1. The highest BCUT2D eigenvalue weighted by atomic mass is 79.9. The minimum absolute atomic E-state index is 0.290. The fourth-order valence-corrected chi connectivity index (χ4v) is 1.71. The molecule has 0 aromatic heterocycles. The number of esters is 1. The molecule has 4 nitrogen and oxygen atoms in total. The molecule has 1 amide bonds. The molecule has 0 bridgehead atoms. The summed E-state index contributed by atoms with van der Waals surface area (Å²) in [6.07, 6.45) is 0. The number of methoxy groups -OCH3 is 1. The highest BCUT2D eigenvalue weighted by Gasteiger charge is 2.18. The van der Waals surface area contributed by atoms with Crippen LogP contribution < -0.4 is 5.32 Å². The van der Waals surface area contributed by atoms with Crippen LogP contribution in [0.25, 0.3) is 0 Å². The molecule has 0 fully saturated rings. The standard InChI is InChI=1S/C12H14BrNO3/c1-7-4-5-9(13)6-10(7)11(15)14-8(2)12(16)17-3/h4-6,8H,1-3H3,(H,14,15)/t8-/m0/s1. The minimum atomic E-state index is -0.661. The molecule has 92 valence electrons. The molecular weight excluding hydrogens is 286 g/mol. The van der Waals surface area contributed by atoms with Crippen molar-refractivity contribution in [2.24, 2.45) is 0 Å². The summed E-state index contributed by atoms with van der Waals surface area (Å²) in [6.45, 7) is 3.42. The number of hydrogen-bond donors (Lipinski definition) is 1. The quantitative estimate of drug-likeness (QED) is 0.869. The van der Waals surface area contributed by atoms with Crippen LogP contribution in [0.1, 0.15) is 22.8 Å². The van der Waals surface area contributed by atoms with E-state index in [9.17, 15) is 9.59 Å². The van der Waals surface area contributed by atoms with E-state index in [-0.39, 0.29) is 5.91 Å². The number of halogens is 1. The molecule has 0 radical (unpaired) electrons. The Hall–Kier alpha value is -1.36. The zero-order valence-corrected chi connectivity index (χ0v) is 11.5. The number of nitrogens with one attached hydrogen (secondary N) is 1. The van der Waals surface area contributed by atoms with Crippen molar-refractivity contribution in [1.82, 2.24) is 5.32 Å². The first kappa shape index (κ1) is 13.7. The van der Waals surface area contributed by atoms with Crippen LogP contribution in [0.2, 0.25) is 0 Å². The van der Waals surface area contributed by atoms with Crippen LogP contribution in [-0.2, 0) is 9.53 Å². The van der Waals surface area contributed by atoms with Gasteiger partial charge in [-0.15, -0.1) is 0 Å². The van der Waals surface area contributed by atoms with Crippen molar-refractivity contribution in [2.45, 2.75) is 19.9 Å². The molecule has 0 aliphatic heterocycles. The topological polar surface area (TPSA) is 55.4 Å². The Bertz CT molecular complexity index is 445. The van der Waals surface area contributed by atoms with E-state index >= 15 is 0 Å². The number of carbonyl (C=O) groups is 2. The van der Waals surface area contributed by atoms with Gasteiger partial charge in [-0.1, -0.05) is 22.0 Å². The second-order valence-electron chi connectivity index (χ2n) is 3.68. The van der Waals surface area contributed by atoms with Crippen LogP contribution in [0.15, 0.2) is 22.7 Å². The molecule has 0 spiro atoms. The Labute approximate surface area is 108 Å². The van der Waals surface area contributed by atoms with E-state index in [0.717, 1.165) is 10.0 Å². The van der Waals surface area contributed by atoms with Crippen molar-refractivity contribution in [3.63, 3.8) is 0 Å². The molecule has 0 saturated heterocycles. The molecule has 1 N–H and O–H groups in total. The highest BCUT2D eigenvalue weighted by molar-refractivity contribution is 9.10. The summed E-state index contributed by atoms with van der Waals surface area (Å²) in [5.41, 5.74) is 1.39. The van der Waals surface area contributed by atoms with Crippen LogP contribution in [0.3, 0.4) is 0 Å². The highest BCUT2D eigenvalue weighted by Crippen LogP contribution is 2.16. The Morgan fingerprint density at radius 1 is 1.41 bits per heavy atom. The lowest BCUT2D eigenvalue weighted by molar-refractivity contribution is -0.142. The van der Waals surface area contributed by atoms with Gasteiger partial charge in [0.25, 0.3) is 5.91 Å². The second-order valence-corrected chi connectivity index (χ2v) is 4.59. The van der Waals surface area contributed by atoms with Crippen LogP contribution in [0.5, 0.6) is 0 Å². The Morgan fingerprint density at radius 3 is 2.65 bits per heavy atom. The zero-order chi connectivity index (χ0) is 13.0. The summed E-state index contributed by atoms with van der Waals surface area (Å²) in [5, 5.41) is 2.58. The van der Waals surface area contributed by atoms with Gasteiger partial charge in [-0.2, -0.15) is 0 Å². The van der Waals surface area contributed by atoms with E-state index in [1.807, 2.05) is 19.1 Å². The average molecular weight is 300 g/mol. The van der Waals surface area contributed by atoms with Gasteiger partial charge in [-0.05, 0) is 31.5 Å². The second kappa shape index (κ2) is 5.82. The normalized spacial score (nSPS) is 11.8. The first-order valence-electron chi connectivity index (χ1n) is 5.10. The Kier molecular flexibility index (Phi) is 4.69. The Morgan fingerprint density at radius 2 is 2.06 bits per heavy atom. The van der Waals surface area contributed by atoms with Gasteiger partial charge in [0, 0.05) is 10.0 Å². The molecule has 1 atom stereocenters. The van der Waals surface area contributed by atoms with E-state index in [2.05, 4.69) is 26.0 Å². The van der Waals surface area contributed by atoms with Gasteiger partial charge in [0.2, 0.25) is 0 Å². The molecule has 0 saturated carbocycles. The van der Waals surface area contributed by atoms with E-state index in [0.29, 0.717) is 5.56 Å². The number of amides is 1. The van der Waals surface area contributed by atoms with Crippen LogP contribution in [-0.4, -0.2) is 25.0 Å². The molecule has 0 aliphatic carbocycles. The predicted octanol–water partition coefficient (Wildman–Crippen LogP) is 2.05. The fourth-order valence-electron chi connectivity index (χ4n) is 1.35. The fraction of sp³-hybridized carbons (Fsp3) is 0.333. The van der Waals surface area contributed by atoms with Gasteiger partial charge < -0.3 is 10.1 Å². The van der Waals surface area contributed by atoms with Crippen molar-refractivity contribution in [1.29, 1.82) is 0 Å². The zero-order valence-electron chi connectivity index (χ0n) is 9.91. The third-order valence-electron chi connectivity index (χ3n) is 2.35. The summed E-state index contributed by atoms with van der Waals surface area (Å²) in [7, 11) is 1.29. The van der Waals surface area contributed by atoms with Gasteiger partial charge in [0.1, 0.15) is 6.04 Å². The van der Waals surface area contributed by atoms with Crippen molar-refractivity contribution >= 4 is 27.8 Å². The number of benzene rings is 1.